The molecule has 6 nitrogen and oxygen atoms in total. The van der Waals surface area contributed by atoms with Gasteiger partial charge in [0.1, 0.15) is 11.5 Å². The van der Waals surface area contributed by atoms with Crippen LogP contribution >= 0.6 is 0 Å². The molecule has 0 radical (unpaired) electrons. The Hall–Kier alpha value is -3.41. The Balaban J connectivity index is 1.49. The molecule has 1 saturated heterocycles. The normalized spacial score (nSPS) is 14.1. The highest BCUT2D eigenvalue weighted by Gasteiger charge is 2.25. The molecule has 1 aromatic heterocycles. The minimum atomic E-state index is 0.0771. The second-order valence-electron chi connectivity index (χ2n) is 7.61. The number of anilines is 1. The lowest BCUT2D eigenvalue weighted by atomic mass is 10.2. The monoisotopic (exact) mass is 405 g/mol. The number of nitrogens with zero attached hydrogens (tertiary/aromatic N) is 3. The number of hydrogen-bond donors (Lipinski definition) is 1. The number of carbonyl (C=O) groups excluding carboxylic acids is 1. The largest absolute Gasteiger partial charge is 0.508 e. The lowest BCUT2D eigenvalue weighted by molar-refractivity contribution is 0.0746. The van der Waals surface area contributed by atoms with Crippen molar-refractivity contribution in [1.29, 1.82) is 0 Å². The summed E-state index contributed by atoms with van der Waals surface area (Å²) in [4.78, 5) is 17.4. The molecule has 1 aliphatic heterocycles. The molecule has 0 unspecified atom stereocenters. The number of benzene rings is 2. The predicted octanol–water partition coefficient (Wildman–Crippen LogP) is 3.77. The number of methoxy groups -OCH3 is 1. The van der Waals surface area contributed by atoms with Crippen molar-refractivity contribution in [3.63, 3.8) is 0 Å². The molecule has 3 aromatic rings. The fraction of sp³-hybridized carbons (Fsp3) is 0.292. The molecule has 0 saturated carbocycles. The lowest BCUT2D eigenvalue weighted by Crippen LogP contribution is -2.48. The van der Waals surface area contributed by atoms with Crippen molar-refractivity contribution in [3.05, 3.63) is 71.5 Å². The zero-order valence-electron chi connectivity index (χ0n) is 17.6. The molecule has 1 amide bonds. The van der Waals surface area contributed by atoms with Crippen molar-refractivity contribution in [1.82, 2.24) is 9.47 Å². The summed E-state index contributed by atoms with van der Waals surface area (Å²) < 4.78 is 7.36. The summed E-state index contributed by atoms with van der Waals surface area (Å²) in [6, 6.07) is 17.1. The number of phenols is 1. The van der Waals surface area contributed by atoms with Gasteiger partial charge >= 0.3 is 0 Å². The minimum Gasteiger partial charge on any atom is -0.508 e. The second-order valence-corrected chi connectivity index (χ2v) is 7.61. The quantitative estimate of drug-likeness (QED) is 0.718. The summed E-state index contributed by atoms with van der Waals surface area (Å²) in [6.45, 7) is 6.91. The van der Waals surface area contributed by atoms with E-state index in [9.17, 15) is 9.90 Å². The third-order valence-electron chi connectivity index (χ3n) is 5.77. The molecule has 2 aromatic carbocycles. The van der Waals surface area contributed by atoms with E-state index in [1.807, 2.05) is 61.2 Å². The van der Waals surface area contributed by atoms with Gasteiger partial charge in [0, 0.05) is 48.9 Å². The lowest BCUT2D eigenvalue weighted by Gasteiger charge is -2.36. The summed E-state index contributed by atoms with van der Waals surface area (Å²) in [5.74, 6) is 1.15. The van der Waals surface area contributed by atoms with Crippen molar-refractivity contribution in [2.75, 3.05) is 38.2 Å². The van der Waals surface area contributed by atoms with Gasteiger partial charge in [-0.2, -0.15) is 0 Å². The third-order valence-corrected chi connectivity index (χ3v) is 5.77. The molecule has 1 fully saturated rings. The highest BCUT2D eigenvalue weighted by atomic mass is 16.5. The molecule has 0 bridgehead atoms. The van der Waals surface area contributed by atoms with Gasteiger partial charge in [-0.05, 0) is 68.4 Å². The maximum absolute atomic E-state index is 13.2. The van der Waals surface area contributed by atoms with Crippen LogP contribution in [0, 0.1) is 13.8 Å². The summed E-state index contributed by atoms with van der Waals surface area (Å²) >= 11 is 0. The van der Waals surface area contributed by atoms with Crippen LogP contribution in [0.4, 0.5) is 5.69 Å². The van der Waals surface area contributed by atoms with Crippen LogP contribution in [-0.4, -0.2) is 53.8 Å². The van der Waals surface area contributed by atoms with Crippen LogP contribution in [0.25, 0.3) is 5.69 Å². The van der Waals surface area contributed by atoms with Crippen LogP contribution in [0.3, 0.4) is 0 Å². The summed E-state index contributed by atoms with van der Waals surface area (Å²) in [5, 5.41) is 9.48. The van der Waals surface area contributed by atoms with Crippen molar-refractivity contribution < 1.29 is 14.6 Å². The van der Waals surface area contributed by atoms with E-state index in [1.54, 1.807) is 19.2 Å². The Morgan fingerprint density at radius 3 is 2.10 bits per heavy atom. The topological polar surface area (TPSA) is 57.9 Å². The Morgan fingerprint density at radius 2 is 1.50 bits per heavy atom. The fourth-order valence-electron chi connectivity index (χ4n) is 4.11. The number of piperazine rings is 1. The molecule has 156 valence electrons. The number of phenolic OH excluding ortho intramolecular Hbond substituents is 1. The number of rotatable bonds is 4. The van der Waals surface area contributed by atoms with Crippen LogP contribution in [0.1, 0.15) is 21.7 Å². The van der Waals surface area contributed by atoms with E-state index in [-0.39, 0.29) is 11.7 Å². The van der Waals surface area contributed by atoms with Gasteiger partial charge in [0.15, 0.2) is 0 Å². The van der Waals surface area contributed by atoms with Crippen LogP contribution in [0.5, 0.6) is 11.5 Å². The first-order valence-electron chi connectivity index (χ1n) is 10.1. The number of amides is 1. The number of carbonyl (C=O) groups is 1. The van der Waals surface area contributed by atoms with E-state index < -0.39 is 0 Å². The fourth-order valence-corrected chi connectivity index (χ4v) is 4.11. The Morgan fingerprint density at radius 1 is 0.900 bits per heavy atom. The number of aryl methyl sites for hydroxylation is 1. The SMILES string of the molecule is COc1ccc(-n2c(C)cc(C(=O)N3CCN(c4ccc(O)cc4)CC3)c2C)cc1. The van der Waals surface area contributed by atoms with E-state index >= 15 is 0 Å². The zero-order valence-corrected chi connectivity index (χ0v) is 17.6. The Kier molecular flexibility index (Phi) is 5.40. The molecule has 0 aliphatic carbocycles. The molecule has 4 rings (SSSR count). The molecule has 1 N–H and O–H groups in total. The van der Waals surface area contributed by atoms with Gasteiger partial charge in [0.05, 0.1) is 12.7 Å². The summed E-state index contributed by atoms with van der Waals surface area (Å²) in [6.07, 6.45) is 0. The standard InChI is InChI=1S/C24H27N3O3/c1-17-16-23(18(2)27(17)20-6-10-22(30-3)11-7-20)24(29)26-14-12-25(13-15-26)19-4-8-21(28)9-5-19/h4-11,16,28H,12-15H2,1-3H3. The van der Waals surface area contributed by atoms with Crippen LogP contribution in [-0.2, 0) is 0 Å². The first-order valence-corrected chi connectivity index (χ1v) is 10.1. The van der Waals surface area contributed by atoms with Gasteiger partial charge in [-0.15, -0.1) is 0 Å². The van der Waals surface area contributed by atoms with Crippen molar-refractivity contribution in [2.45, 2.75) is 13.8 Å². The van der Waals surface area contributed by atoms with E-state index in [4.69, 9.17) is 4.74 Å². The molecule has 30 heavy (non-hydrogen) atoms. The van der Waals surface area contributed by atoms with Crippen LogP contribution < -0.4 is 9.64 Å². The highest BCUT2D eigenvalue weighted by molar-refractivity contribution is 5.96. The minimum absolute atomic E-state index is 0.0771. The van der Waals surface area contributed by atoms with Crippen LogP contribution in [0.15, 0.2) is 54.6 Å². The van der Waals surface area contributed by atoms with E-state index in [0.717, 1.165) is 47.2 Å². The highest BCUT2D eigenvalue weighted by Crippen LogP contribution is 2.25. The van der Waals surface area contributed by atoms with Crippen molar-refractivity contribution >= 4 is 11.6 Å². The molecule has 0 atom stereocenters. The zero-order chi connectivity index (χ0) is 21.3. The van der Waals surface area contributed by atoms with E-state index in [2.05, 4.69) is 9.47 Å². The third kappa shape index (κ3) is 3.73. The van der Waals surface area contributed by atoms with Gasteiger partial charge < -0.3 is 24.2 Å². The Labute approximate surface area is 176 Å². The first kappa shape index (κ1) is 19.9. The number of aromatic nitrogens is 1. The summed E-state index contributed by atoms with van der Waals surface area (Å²) in [5.41, 5.74) is 4.81. The second kappa shape index (κ2) is 8.14. The first-order chi connectivity index (χ1) is 14.5. The maximum atomic E-state index is 13.2. The number of aromatic hydroxyl groups is 1. The smallest absolute Gasteiger partial charge is 0.255 e. The van der Waals surface area contributed by atoms with Gasteiger partial charge in [0.2, 0.25) is 0 Å². The molecule has 1 aliphatic rings. The summed E-state index contributed by atoms with van der Waals surface area (Å²) in [7, 11) is 1.65. The number of hydrogen-bond acceptors (Lipinski definition) is 4. The maximum Gasteiger partial charge on any atom is 0.255 e. The molecular formula is C24H27N3O3. The van der Waals surface area contributed by atoms with Gasteiger partial charge in [-0.3, -0.25) is 4.79 Å². The molecular weight excluding hydrogens is 378 g/mol. The van der Waals surface area contributed by atoms with Gasteiger partial charge in [0.25, 0.3) is 5.91 Å². The number of ether oxygens (including phenoxy) is 1. The molecule has 6 heteroatoms. The van der Waals surface area contributed by atoms with E-state index in [1.165, 1.54) is 0 Å². The average Bonchev–Trinajstić information content (AvgIpc) is 3.08. The van der Waals surface area contributed by atoms with Gasteiger partial charge in [-0.1, -0.05) is 0 Å². The van der Waals surface area contributed by atoms with Crippen molar-refractivity contribution in [2.24, 2.45) is 0 Å². The predicted molar refractivity (Wildman–Crippen MR) is 118 cm³/mol. The van der Waals surface area contributed by atoms with Gasteiger partial charge in [-0.25, -0.2) is 0 Å². The Bertz CT molecular complexity index is 1030. The van der Waals surface area contributed by atoms with Crippen LogP contribution in [0.2, 0.25) is 0 Å². The average molecular weight is 405 g/mol. The van der Waals surface area contributed by atoms with Crippen molar-refractivity contribution in [3.8, 4) is 17.2 Å². The molecule has 2 heterocycles. The molecule has 0 spiro atoms. The van der Waals surface area contributed by atoms with E-state index in [0.29, 0.717) is 13.1 Å².